The third-order valence-corrected chi connectivity index (χ3v) is 4.83. The third kappa shape index (κ3) is 4.36. The summed E-state index contributed by atoms with van der Waals surface area (Å²) >= 11 is 0. The van der Waals surface area contributed by atoms with Crippen molar-refractivity contribution >= 4 is 23.4 Å². The minimum absolute atomic E-state index is 0.0829. The Morgan fingerprint density at radius 3 is 2.72 bits per heavy atom. The van der Waals surface area contributed by atoms with Crippen molar-refractivity contribution in [2.24, 2.45) is 0 Å². The minimum atomic E-state index is -0.312. The molecule has 7 heteroatoms. The minimum Gasteiger partial charge on any atom is -0.376 e. The maximum absolute atomic E-state index is 12.3. The second kappa shape index (κ2) is 7.65. The molecule has 2 heterocycles. The summed E-state index contributed by atoms with van der Waals surface area (Å²) in [6.07, 6.45) is 0.879. The lowest BCUT2D eigenvalue weighted by molar-refractivity contribution is -0.134. The second-order valence-electron chi connectivity index (χ2n) is 6.67. The molecule has 0 bridgehead atoms. The summed E-state index contributed by atoms with van der Waals surface area (Å²) in [5, 5.41) is 5.53. The van der Waals surface area contributed by atoms with E-state index in [9.17, 15) is 14.4 Å². The summed E-state index contributed by atoms with van der Waals surface area (Å²) in [5.41, 5.74) is 1.67. The van der Waals surface area contributed by atoms with Crippen LogP contribution in [-0.4, -0.2) is 67.3 Å². The molecule has 0 spiro atoms. The Balaban J connectivity index is 1.57. The number of likely N-dealkylation sites (N-methyl/N-ethyl adjacent to an activating group) is 1. The van der Waals surface area contributed by atoms with E-state index in [1.807, 2.05) is 29.2 Å². The first-order valence-electron chi connectivity index (χ1n) is 8.67. The number of hydrogen-bond donors (Lipinski definition) is 2. The number of piperidine rings is 1. The highest BCUT2D eigenvalue weighted by atomic mass is 16.2. The number of amides is 3. The summed E-state index contributed by atoms with van der Waals surface area (Å²) in [6, 6.07) is 7.51. The molecular formula is C18H24N4O3. The van der Waals surface area contributed by atoms with Crippen LogP contribution in [0.15, 0.2) is 24.3 Å². The van der Waals surface area contributed by atoms with Crippen molar-refractivity contribution in [2.75, 3.05) is 45.1 Å². The van der Waals surface area contributed by atoms with Crippen molar-refractivity contribution < 1.29 is 14.4 Å². The van der Waals surface area contributed by atoms with Crippen molar-refractivity contribution in [1.82, 2.24) is 15.1 Å². The molecule has 1 atom stereocenters. The van der Waals surface area contributed by atoms with Crippen LogP contribution in [0.25, 0.3) is 0 Å². The number of benzene rings is 1. The molecule has 2 fully saturated rings. The molecule has 0 aliphatic carbocycles. The summed E-state index contributed by atoms with van der Waals surface area (Å²) in [4.78, 5) is 39.7. The fourth-order valence-electron chi connectivity index (χ4n) is 3.22. The zero-order valence-electron chi connectivity index (χ0n) is 14.5. The molecule has 0 radical (unpaired) electrons. The van der Waals surface area contributed by atoms with Crippen molar-refractivity contribution in [3.8, 4) is 0 Å². The number of piperazine rings is 1. The second-order valence-corrected chi connectivity index (χ2v) is 6.67. The summed E-state index contributed by atoms with van der Waals surface area (Å²) in [7, 11) is 2.06. The fraction of sp³-hybridized carbons (Fsp3) is 0.500. The van der Waals surface area contributed by atoms with Crippen molar-refractivity contribution in [1.29, 1.82) is 0 Å². The predicted octanol–water partition coefficient (Wildman–Crippen LogP) is 0.393. The van der Waals surface area contributed by atoms with E-state index in [4.69, 9.17) is 0 Å². The van der Waals surface area contributed by atoms with Gasteiger partial charge in [-0.15, -0.1) is 0 Å². The van der Waals surface area contributed by atoms with Crippen LogP contribution >= 0.6 is 0 Å². The molecule has 3 amide bonds. The van der Waals surface area contributed by atoms with Gasteiger partial charge in [-0.1, -0.05) is 12.1 Å². The van der Waals surface area contributed by atoms with Crippen LogP contribution in [0.5, 0.6) is 0 Å². The van der Waals surface area contributed by atoms with E-state index in [1.165, 1.54) is 0 Å². The Kier molecular flexibility index (Phi) is 5.33. The Labute approximate surface area is 147 Å². The molecule has 2 N–H and O–H groups in total. The Morgan fingerprint density at radius 2 is 2.00 bits per heavy atom. The van der Waals surface area contributed by atoms with E-state index < -0.39 is 0 Å². The monoisotopic (exact) mass is 344 g/mol. The van der Waals surface area contributed by atoms with Crippen molar-refractivity contribution in [2.45, 2.75) is 18.8 Å². The predicted molar refractivity (Wildman–Crippen MR) is 94.1 cm³/mol. The first-order valence-corrected chi connectivity index (χ1v) is 8.67. The van der Waals surface area contributed by atoms with Gasteiger partial charge in [-0.25, -0.2) is 0 Å². The van der Waals surface area contributed by atoms with Gasteiger partial charge in [-0.2, -0.15) is 0 Å². The number of nitrogens with one attached hydrogen (secondary N) is 2. The van der Waals surface area contributed by atoms with E-state index in [1.54, 1.807) is 0 Å². The molecule has 134 valence electrons. The lowest BCUT2D eigenvalue weighted by Gasteiger charge is -2.32. The van der Waals surface area contributed by atoms with E-state index >= 15 is 0 Å². The van der Waals surface area contributed by atoms with Gasteiger partial charge in [-0.3, -0.25) is 19.7 Å². The average Bonchev–Trinajstić information content (AvgIpc) is 2.60. The number of carbonyl (C=O) groups excluding carboxylic acids is 3. The van der Waals surface area contributed by atoms with Gasteiger partial charge < -0.3 is 15.1 Å². The Bertz CT molecular complexity index is 668. The molecule has 0 aromatic heterocycles. The smallest absolute Gasteiger partial charge is 0.241 e. The van der Waals surface area contributed by atoms with Gasteiger partial charge in [0.25, 0.3) is 0 Å². The number of hydrogen-bond acceptors (Lipinski definition) is 5. The number of nitrogens with zero attached hydrogens (tertiary/aromatic N) is 2. The van der Waals surface area contributed by atoms with Gasteiger partial charge in [0.1, 0.15) is 0 Å². The number of imide groups is 1. The molecule has 2 saturated heterocycles. The standard InChI is InChI=1S/C18H24N4O3/c1-21-7-9-22(10-8-21)17(24)12-19-14-4-2-3-13(11-14)15-5-6-16(23)20-18(15)25/h2-4,11,15,19H,5-10,12H2,1H3,(H,20,23,25). The van der Waals surface area contributed by atoms with E-state index in [0.29, 0.717) is 12.8 Å². The summed E-state index contributed by atoms with van der Waals surface area (Å²) in [5.74, 6) is -0.692. The van der Waals surface area contributed by atoms with Crippen LogP contribution in [0.3, 0.4) is 0 Å². The lowest BCUT2D eigenvalue weighted by Crippen LogP contribution is -2.48. The molecule has 7 nitrogen and oxygen atoms in total. The largest absolute Gasteiger partial charge is 0.376 e. The van der Waals surface area contributed by atoms with Crippen LogP contribution in [0.4, 0.5) is 5.69 Å². The SMILES string of the molecule is CN1CCN(C(=O)CNc2cccc(C3CCC(=O)NC3=O)c2)CC1. The lowest BCUT2D eigenvalue weighted by atomic mass is 9.90. The van der Waals surface area contributed by atoms with Crippen LogP contribution < -0.4 is 10.6 Å². The summed E-state index contributed by atoms with van der Waals surface area (Å²) in [6.45, 7) is 3.55. The van der Waals surface area contributed by atoms with Crippen LogP contribution in [0.2, 0.25) is 0 Å². The van der Waals surface area contributed by atoms with Gasteiger partial charge in [0.2, 0.25) is 17.7 Å². The topological polar surface area (TPSA) is 81.8 Å². The Hall–Kier alpha value is -2.41. The van der Waals surface area contributed by atoms with Gasteiger partial charge in [-0.05, 0) is 31.2 Å². The Morgan fingerprint density at radius 1 is 1.24 bits per heavy atom. The highest BCUT2D eigenvalue weighted by molar-refractivity contribution is 6.01. The molecular weight excluding hydrogens is 320 g/mol. The third-order valence-electron chi connectivity index (χ3n) is 4.83. The first-order chi connectivity index (χ1) is 12.0. The van der Waals surface area contributed by atoms with Gasteiger partial charge >= 0.3 is 0 Å². The fourth-order valence-corrected chi connectivity index (χ4v) is 3.22. The average molecular weight is 344 g/mol. The molecule has 25 heavy (non-hydrogen) atoms. The maximum atomic E-state index is 12.3. The number of carbonyl (C=O) groups is 3. The van der Waals surface area contributed by atoms with E-state index in [2.05, 4.69) is 22.6 Å². The number of rotatable bonds is 4. The van der Waals surface area contributed by atoms with Gasteiger partial charge in [0.15, 0.2) is 0 Å². The van der Waals surface area contributed by atoms with Gasteiger partial charge in [0.05, 0.1) is 12.5 Å². The molecule has 2 aliphatic rings. The van der Waals surface area contributed by atoms with Crippen LogP contribution in [0.1, 0.15) is 24.3 Å². The zero-order valence-corrected chi connectivity index (χ0v) is 14.5. The molecule has 2 aliphatic heterocycles. The van der Waals surface area contributed by atoms with Crippen LogP contribution in [0, 0.1) is 0 Å². The van der Waals surface area contributed by atoms with Crippen LogP contribution in [-0.2, 0) is 14.4 Å². The van der Waals surface area contributed by atoms with E-state index in [0.717, 1.165) is 37.4 Å². The van der Waals surface area contributed by atoms with Crippen molar-refractivity contribution in [3.05, 3.63) is 29.8 Å². The molecule has 0 saturated carbocycles. The van der Waals surface area contributed by atoms with E-state index in [-0.39, 0.29) is 30.2 Å². The zero-order chi connectivity index (χ0) is 17.8. The molecule has 3 rings (SSSR count). The van der Waals surface area contributed by atoms with Crippen molar-refractivity contribution in [3.63, 3.8) is 0 Å². The maximum Gasteiger partial charge on any atom is 0.241 e. The number of anilines is 1. The van der Waals surface area contributed by atoms with Gasteiger partial charge in [0, 0.05) is 38.3 Å². The summed E-state index contributed by atoms with van der Waals surface area (Å²) < 4.78 is 0. The molecule has 1 aromatic carbocycles. The first kappa shape index (κ1) is 17.4. The highest BCUT2D eigenvalue weighted by Crippen LogP contribution is 2.26. The molecule has 1 unspecified atom stereocenters. The quantitative estimate of drug-likeness (QED) is 0.773. The highest BCUT2D eigenvalue weighted by Gasteiger charge is 2.28. The molecule has 1 aromatic rings. The normalized spacial score (nSPS) is 21.8.